The number of carbonyl (C=O) groups excluding carboxylic acids is 1. The van der Waals surface area contributed by atoms with E-state index in [1.54, 1.807) is 6.20 Å². The van der Waals surface area contributed by atoms with Gasteiger partial charge in [0.05, 0.1) is 12.2 Å². The summed E-state index contributed by atoms with van der Waals surface area (Å²) in [6, 6.07) is 7.79. The van der Waals surface area contributed by atoms with E-state index in [2.05, 4.69) is 18.8 Å². The Kier molecular flexibility index (Phi) is 5.22. The zero-order valence-electron chi connectivity index (χ0n) is 12.3. The molecule has 3 heteroatoms. The number of benzene rings is 1. The van der Waals surface area contributed by atoms with Crippen LogP contribution in [0, 0.1) is 5.92 Å². The minimum Gasteiger partial charge on any atom is -0.462 e. The summed E-state index contributed by atoms with van der Waals surface area (Å²) in [4.78, 5) is 15.3. The molecule has 0 spiro atoms. The minimum atomic E-state index is -0.223. The smallest absolute Gasteiger partial charge is 0.340 e. The van der Waals surface area contributed by atoms with Crippen LogP contribution in [0.15, 0.2) is 30.5 Å². The van der Waals surface area contributed by atoms with Gasteiger partial charge in [-0.05, 0) is 24.8 Å². The van der Waals surface area contributed by atoms with Gasteiger partial charge in [0.1, 0.15) is 0 Å². The molecule has 1 N–H and O–H groups in total. The van der Waals surface area contributed by atoms with Crippen molar-refractivity contribution in [2.75, 3.05) is 6.61 Å². The van der Waals surface area contributed by atoms with Gasteiger partial charge in [0, 0.05) is 17.1 Å². The van der Waals surface area contributed by atoms with Crippen LogP contribution in [0.5, 0.6) is 0 Å². The molecule has 0 aliphatic carbocycles. The number of nitrogens with one attached hydrogen (secondary N) is 1. The van der Waals surface area contributed by atoms with Crippen molar-refractivity contribution in [2.24, 2.45) is 5.92 Å². The largest absolute Gasteiger partial charge is 0.462 e. The lowest BCUT2D eigenvalue weighted by atomic mass is 9.99. The van der Waals surface area contributed by atoms with E-state index in [9.17, 15) is 4.79 Å². The van der Waals surface area contributed by atoms with Crippen molar-refractivity contribution < 1.29 is 9.53 Å². The van der Waals surface area contributed by atoms with Crippen molar-refractivity contribution >= 4 is 16.9 Å². The maximum Gasteiger partial charge on any atom is 0.340 e. The highest BCUT2D eigenvalue weighted by molar-refractivity contribution is 6.03. The van der Waals surface area contributed by atoms with Crippen LogP contribution in [0.1, 0.15) is 49.9 Å². The maximum atomic E-state index is 12.2. The Morgan fingerprint density at radius 3 is 2.60 bits per heavy atom. The number of fused-ring (bicyclic) bond motifs is 1. The van der Waals surface area contributed by atoms with Crippen LogP contribution < -0.4 is 0 Å². The first kappa shape index (κ1) is 14.6. The summed E-state index contributed by atoms with van der Waals surface area (Å²) in [5.74, 6) is 0.263. The number of hydrogen-bond acceptors (Lipinski definition) is 2. The van der Waals surface area contributed by atoms with E-state index in [4.69, 9.17) is 4.74 Å². The van der Waals surface area contributed by atoms with Gasteiger partial charge in [0.25, 0.3) is 0 Å². The Bertz CT molecular complexity index is 553. The SMILES string of the molecule is CCCC(CCC)COC(=O)c1c[nH]c2ccccc12. The molecule has 2 aromatic rings. The van der Waals surface area contributed by atoms with Crippen LogP contribution in [-0.2, 0) is 4.74 Å². The number of carbonyl (C=O) groups is 1. The standard InChI is InChI=1S/C17H23NO2/c1-3-7-13(8-4-2)12-20-17(19)15-11-18-16-10-6-5-9-14(15)16/h5-6,9-11,13,18H,3-4,7-8,12H2,1-2H3. The van der Waals surface area contributed by atoms with Crippen molar-refractivity contribution in [3.63, 3.8) is 0 Å². The molecule has 0 atom stereocenters. The van der Waals surface area contributed by atoms with Crippen molar-refractivity contribution in [1.29, 1.82) is 0 Å². The molecule has 20 heavy (non-hydrogen) atoms. The number of ether oxygens (including phenoxy) is 1. The van der Waals surface area contributed by atoms with E-state index in [-0.39, 0.29) is 5.97 Å². The van der Waals surface area contributed by atoms with Gasteiger partial charge in [0.15, 0.2) is 0 Å². The fourth-order valence-electron chi connectivity index (χ4n) is 2.64. The molecule has 2 rings (SSSR count). The molecular formula is C17H23NO2. The molecule has 0 aliphatic rings. The number of aromatic amines is 1. The first-order chi connectivity index (χ1) is 9.76. The summed E-state index contributed by atoms with van der Waals surface area (Å²) >= 11 is 0. The molecule has 1 heterocycles. The first-order valence-corrected chi connectivity index (χ1v) is 7.49. The second-order valence-electron chi connectivity index (χ2n) is 5.29. The van der Waals surface area contributed by atoms with Crippen molar-refractivity contribution in [3.8, 4) is 0 Å². The summed E-state index contributed by atoms with van der Waals surface area (Å²) in [6.07, 6.45) is 6.25. The summed E-state index contributed by atoms with van der Waals surface area (Å²) in [5, 5.41) is 0.931. The zero-order valence-corrected chi connectivity index (χ0v) is 12.3. The Morgan fingerprint density at radius 1 is 1.20 bits per heavy atom. The molecule has 0 unspecified atom stereocenters. The molecule has 0 saturated heterocycles. The van der Waals surface area contributed by atoms with Gasteiger partial charge in [-0.25, -0.2) is 4.79 Å². The molecule has 1 aromatic heterocycles. The van der Waals surface area contributed by atoms with Gasteiger partial charge in [-0.15, -0.1) is 0 Å². The van der Waals surface area contributed by atoms with E-state index in [0.717, 1.165) is 36.6 Å². The van der Waals surface area contributed by atoms with Crippen LogP contribution >= 0.6 is 0 Å². The summed E-state index contributed by atoms with van der Waals surface area (Å²) in [7, 11) is 0. The average molecular weight is 273 g/mol. The molecule has 3 nitrogen and oxygen atoms in total. The van der Waals surface area contributed by atoms with Crippen LogP contribution in [0.3, 0.4) is 0 Å². The van der Waals surface area contributed by atoms with Crippen LogP contribution in [0.2, 0.25) is 0 Å². The molecule has 1 aromatic carbocycles. The molecular weight excluding hydrogens is 250 g/mol. The quantitative estimate of drug-likeness (QED) is 0.752. The Hall–Kier alpha value is -1.77. The number of hydrogen-bond donors (Lipinski definition) is 1. The van der Waals surface area contributed by atoms with E-state index in [0.29, 0.717) is 18.1 Å². The number of aromatic nitrogens is 1. The van der Waals surface area contributed by atoms with E-state index in [1.807, 2.05) is 24.3 Å². The summed E-state index contributed by atoms with van der Waals surface area (Å²) in [5.41, 5.74) is 1.60. The highest BCUT2D eigenvalue weighted by Gasteiger charge is 2.15. The molecule has 0 bridgehead atoms. The summed E-state index contributed by atoms with van der Waals surface area (Å²) < 4.78 is 5.50. The zero-order chi connectivity index (χ0) is 14.4. The van der Waals surface area contributed by atoms with Gasteiger partial charge in [-0.3, -0.25) is 0 Å². The van der Waals surface area contributed by atoms with Gasteiger partial charge in [-0.1, -0.05) is 44.9 Å². The first-order valence-electron chi connectivity index (χ1n) is 7.49. The van der Waals surface area contributed by atoms with Gasteiger partial charge < -0.3 is 9.72 Å². The Morgan fingerprint density at radius 2 is 1.90 bits per heavy atom. The maximum absolute atomic E-state index is 12.2. The lowest BCUT2D eigenvalue weighted by Crippen LogP contribution is -2.14. The third-order valence-electron chi connectivity index (χ3n) is 3.65. The second-order valence-corrected chi connectivity index (χ2v) is 5.29. The Balaban J connectivity index is 2.01. The van der Waals surface area contributed by atoms with Gasteiger partial charge in [0.2, 0.25) is 0 Å². The van der Waals surface area contributed by atoms with E-state index < -0.39 is 0 Å². The lowest BCUT2D eigenvalue weighted by molar-refractivity contribution is 0.0427. The number of para-hydroxylation sites is 1. The molecule has 0 amide bonds. The van der Waals surface area contributed by atoms with Crippen LogP contribution in [0.4, 0.5) is 0 Å². The minimum absolute atomic E-state index is 0.223. The normalized spacial score (nSPS) is 11.2. The predicted molar refractivity (Wildman–Crippen MR) is 81.9 cm³/mol. The topological polar surface area (TPSA) is 42.1 Å². The fourth-order valence-corrected chi connectivity index (χ4v) is 2.64. The van der Waals surface area contributed by atoms with Crippen molar-refractivity contribution in [1.82, 2.24) is 4.98 Å². The van der Waals surface area contributed by atoms with Crippen molar-refractivity contribution in [3.05, 3.63) is 36.0 Å². The lowest BCUT2D eigenvalue weighted by Gasteiger charge is -2.15. The third kappa shape index (κ3) is 3.41. The van der Waals surface area contributed by atoms with Gasteiger partial charge in [-0.2, -0.15) is 0 Å². The average Bonchev–Trinajstić information content (AvgIpc) is 2.89. The van der Waals surface area contributed by atoms with E-state index in [1.165, 1.54) is 0 Å². The number of H-pyrrole nitrogens is 1. The highest BCUT2D eigenvalue weighted by atomic mass is 16.5. The van der Waals surface area contributed by atoms with Crippen LogP contribution in [0.25, 0.3) is 10.9 Å². The fraction of sp³-hybridized carbons (Fsp3) is 0.471. The van der Waals surface area contributed by atoms with Gasteiger partial charge >= 0.3 is 5.97 Å². The Labute approximate surface area is 120 Å². The molecule has 0 radical (unpaired) electrons. The highest BCUT2D eigenvalue weighted by Crippen LogP contribution is 2.20. The monoisotopic (exact) mass is 273 g/mol. The molecule has 0 fully saturated rings. The molecule has 108 valence electrons. The second kappa shape index (κ2) is 7.13. The number of esters is 1. The van der Waals surface area contributed by atoms with Crippen molar-refractivity contribution in [2.45, 2.75) is 39.5 Å². The third-order valence-corrected chi connectivity index (χ3v) is 3.65. The predicted octanol–water partition coefficient (Wildman–Crippen LogP) is 4.54. The van der Waals surface area contributed by atoms with E-state index >= 15 is 0 Å². The van der Waals surface area contributed by atoms with Crippen LogP contribution in [-0.4, -0.2) is 17.6 Å². The molecule has 0 aliphatic heterocycles. The molecule has 0 saturated carbocycles. The number of rotatable bonds is 7. The summed E-state index contributed by atoms with van der Waals surface area (Å²) in [6.45, 7) is 4.87.